The lowest BCUT2D eigenvalue weighted by molar-refractivity contribution is 0.0205. The van der Waals surface area contributed by atoms with Crippen molar-refractivity contribution in [2.45, 2.75) is 18.9 Å². The van der Waals surface area contributed by atoms with Gasteiger partial charge in [0.05, 0.1) is 0 Å². The Bertz CT molecular complexity index is 506. The van der Waals surface area contributed by atoms with Crippen molar-refractivity contribution in [3.8, 4) is 5.75 Å². The van der Waals surface area contributed by atoms with Crippen molar-refractivity contribution in [2.75, 3.05) is 39.4 Å². The third-order valence-corrected chi connectivity index (χ3v) is 4.85. The van der Waals surface area contributed by atoms with E-state index in [-0.39, 0.29) is 36.6 Å². The molecule has 8 heteroatoms. The molecular weight excluding hydrogens is 378 g/mol. The molecule has 2 fully saturated rings. The number of benzene rings is 1. The standard InChI is InChI=1S/C16H22ClFN2O2.2ClH/c17-12-9-13(16(21)14(18)10-12)15(11-1-7-22-8-2-11)20-5-3-19-4-6-20;;/h9-11,15,19,21H,1-8H2;2*1H/t15-;;/m1../s1. The zero-order valence-corrected chi connectivity index (χ0v) is 15.7. The second kappa shape index (κ2) is 10.00. The van der Waals surface area contributed by atoms with Crippen LogP contribution >= 0.6 is 36.4 Å². The maximum absolute atomic E-state index is 13.9. The fourth-order valence-corrected chi connectivity index (χ4v) is 3.77. The molecule has 4 nitrogen and oxygen atoms in total. The van der Waals surface area contributed by atoms with Gasteiger partial charge in [-0.3, -0.25) is 4.90 Å². The third-order valence-electron chi connectivity index (χ3n) is 4.63. The Morgan fingerprint density at radius 2 is 1.83 bits per heavy atom. The van der Waals surface area contributed by atoms with E-state index in [2.05, 4.69) is 10.2 Å². The first kappa shape index (κ1) is 21.7. The van der Waals surface area contributed by atoms with Crippen LogP contribution in [0.3, 0.4) is 0 Å². The zero-order valence-electron chi connectivity index (χ0n) is 13.3. The zero-order chi connectivity index (χ0) is 15.5. The van der Waals surface area contributed by atoms with Crippen LogP contribution in [0.4, 0.5) is 4.39 Å². The minimum atomic E-state index is -0.644. The highest BCUT2D eigenvalue weighted by Gasteiger charge is 2.33. The van der Waals surface area contributed by atoms with Gasteiger partial charge >= 0.3 is 0 Å². The van der Waals surface area contributed by atoms with Crippen LogP contribution in [-0.2, 0) is 4.74 Å². The molecule has 0 saturated carbocycles. The fourth-order valence-electron chi connectivity index (χ4n) is 3.55. The first-order chi connectivity index (χ1) is 10.7. The minimum Gasteiger partial charge on any atom is -0.505 e. The summed E-state index contributed by atoms with van der Waals surface area (Å²) in [5, 5.41) is 13.9. The first-order valence-corrected chi connectivity index (χ1v) is 8.25. The van der Waals surface area contributed by atoms with Crippen LogP contribution in [0.2, 0.25) is 5.02 Å². The number of phenolic OH excluding ortho intramolecular Hbond substituents is 1. The Morgan fingerprint density at radius 1 is 1.21 bits per heavy atom. The molecule has 0 aromatic heterocycles. The smallest absolute Gasteiger partial charge is 0.166 e. The number of piperazine rings is 1. The highest BCUT2D eigenvalue weighted by atomic mass is 35.5. The van der Waals surface area contributed by atoms with Crippen molar-refractivity contribution in [1.82, 2.24) is 10.2 Å². The van der Waals surface area contributed by atoms with Crippen molar-refractivity contribution in [3.05, 3.63) is 28.5 Å². The largest absolute Gasteiger partial charge is 0.505 e. The van der Waals surface area contributed by atoms with Crippen LogP contribution in [0.25, 0.3) is 0 Å². The number of ether oxygens (including phenoxy) is 1. The van der Waals surface area contributed by atoms with Gasteiger partial charge in [-0.2, -0.15) is 0 Å². The van der Waals surface area contributed by atoms with Gasteiger partial charge in [-0.25, -0.2) is 4.39 Å². The van der Waals surface area contributed by atoms with Gasteiger partial charge in [-0.05, 0) is 30.9 Å². The molecule has 2 aliphatic heterocycles. The molecule has 0 spiro atoms. The minimum absolute atomic E-state index is 0. The van der Waals surface area contributed by atoms with E-state index in [9.17, 15) is 9.50 Å². The van der Waals surface area contributed by atoms with E-state index in [1.165, 1.54) is 6.07 Å². The number of nitrogens with zero attached hydrogens (tertiary/aromatic N) is 1. The summed E-state index contributed by atoms with van der Waals surface area (Å²) < 4.78 is 19.4. The van der Waals surface area contributed by atoms with E-state index in [4.69, 9.17) is 16.3 Å². The average Bonchev–Trinajstić information content (AvgIpc) is 2.54. The lowest BCUT2D eigenvalue weighted by atomic mass is 9.85. The Hall–Kier alpha value is -0.300. The van der Waals surface area contributed by atoms with Crippen LogP contribution in [0.15, 0.2) is 12.1 Å². The molecule has 0 radical (unpaired) electrons. The summed E-state index contributed by atoms with van der Waals surface area (Å²) >= 11 is 6.04. The molecule has 2 heterocycles. The van der Waals surface area contributed by atoms with Gasteiger partial charge < -0.3 is 15.2 Å². The number of hydrogen-bond acceptors (Lipinski definition) is 4. The highest BCUT2D eigenvalue weighted by Crippen LogP contribution is 2.41. The van der Waals surface area contributed by atoms with E-state index >= 15 is 0 Å². The number of halogens is 4. The topological polar surface area (TPSA) is 44.7 Å². The van der Waals surface area contributed by atoms with Crippen LogP contribution < -0.4 is 5.32 Å². The summed E-state index contributed by atoms with van der Waals surface area (Å²) in [6.07, 6.45) is 1.84. The quantitative estimate of drug-likeness (QED) is 0.815. The van der Waals surface area contributed by atoms with Crippen molar-refractivity contribution in [3.63, 3.8) is 0 Å². The molecule has 138 valence electrons. The van der Waals surface area contributed by atoms with Gasteiger partial charge in [0.2, 0.25) is 0 Å². The van der Waals surface area contributed by atoms with Crippen molar-refractivity contribution in [1.29, 1.82) is 0 Å². The Balaban J connectivity index is 0.00000144. The van der Waals surface area contributed by atoms with Crippen molar-refractivity contribution in [2.24, 2.45) is 5.92 Å². The molecule has 2 saturated heterocycles. The molecular formula is C16H24Cl3FN2O2. The van der Waals surface area contributed by atoms with Gasteiger partial charge in [-0.1, -0.05) is 11.6 Å². The van der Waals surface area contributed by atoms with Crippen LogP contribution in [0.5, 0.6) is 5.75 Å². The lowest BCUT2D eigenvalue weighted by Crippen LogP contribution is -2.47. The molecule has 0 aliphatic carbocycles. The van der Waals surface area contributed by atoms with Gasteiger partial charge in [-0.15, -0.1) is 24.8 Å². The van der Waals surface area contributed by atoms with Crippen LogP contribution in [0.1, 0.15) is 24.4 Å². The molecule has 0 unspecified atom stereocenters. The van der Waals surface area contributed by atoms with E-state index in [1.54, 1.807) is 6.07 Å². The summed E-state index contributed by atoms with van der Waals surface area (Å²) in [4.78, 5) is 2.33. The van der Waals surface area contributed by atoms with Gasteiger partial charge in [0.15, 0.2) is 11.6 Å². The van der Waals surface area contributed by atoms with Crippen molar-refractivity contribution < 1.29 is 14.2 Å². The van der Waals surface area contributed by atoms with Crippen LogP contribution in [-0.4, -0.2) is 49.4 Å². The predicted octanol–water partition coefficient (Wildman–Crippen LogP) is 3.40. The number of phenols is 1. The van der Waals surface area contributed by atoms with E-state index in [0.29, 0.717) is 16.5 Å². The van der Waals surface area contributed by atoms with Crippen LogP contribution in [0, 0.1) is 11.7 Å². The molecule has 1 aromatic rings. The summed E-state index contributed by atoms with van der Waals surface area (Å²) in [6.45, 7) is 5.02. The second-order valence-electron chi connectivity index (χ2n) is 6.01. The summed E-state index contributed by atoms with van der Waals surface area (Å²) in [5.74, 6) is -0.565. The maximum Gasteiger partial charge on any atom is 0.166 e. The van der Waals surface area contributed by atoms with E-state index in [1.807, 2.05) is 0 Å². The molecule has 2 aliphatic rings. The molecule has 0 amide bonds. The Kier molecular flexibility index (Phi) is 9.06. The molecule has 1 aromatic carbocycles. The third kappa shape index (κ3) is 4.87. The second-order valence-corrected chi connectivity index (χ2v) is 6.44. The Labute approximate surface area is 159 Å². The number of aromatic hydroxyl groups is 1. The summed E-state index contributed by atoms with van der Waals surface area (Å²) in [7, 11) is 0. The molecule has 3 rings (SSSR count). The van der Waals surface area contributed by atoms with Gasteiger partial charge in [0.1, 0.15) is 0 Å². The molecule has 0 bridgehead atoms. The van der Waals surface area contributed by atoms with Gasteiger partial charge in [0, 0.05) is 56.0 Å². The van der Waals surface area contributed by atoms with E-state index in [0.717, 1.165) is 52.2 Å². The summed E-state index contributed by atoms with van der Waals surface area (Å²) in [5.41, 5.74) is 0.610. The first-order valence-electron chi connectivity index (χ1n) is 7.87. The molecule has 2 N–H and O–H groups in total. The maximum atomic E-state index is 13.9. The number of hydrogen-bond donors (Lipinski definition) is 2. The average molecular weight is 402 g/mol. The van der Waals surface area contributed by atoms with Gasteiger partial charge in [0.25, 0.3) is 0 Å². The normalized spacial score (nSPS) is 20.8. The number of nitrogens with one attached hydrogen (secondary N) is 1. The highest BCUT2D eigenvalue weighted by molar-refractivity contribution is 6.30. The SMILES string of the molecule is Cl.Cl.Oc1c(F)cc(Cl)cc1[C@@H](C1CCOCC1)N1CCNCC1. The lowest BCUT2D eigenvalue weighted by Gasteiger charge is -2.41. The molecule has 1 atom stereocenters. The number of rotatable bonds is 3. The monoisotopic (exact) mass is 400 g/mol. The predicted molar refractivity (Wildman–Crippen MR) is 98.3 cm³/mol. The molecule has 24 heavy (non-hydrogen) atoms. The van der Waals surface area contributed by atoms with Crippen molar-refractivity contribution >= 4 is 36.4 Å². The summed E-state index contributed by atoms with van der Waals surface area (Å²) in [6, 6.07) is 2.86. The fraction of sp³-hybridized carbons (Fsp3) is 0.625. The Morgan fingerprint density at radius 3 is 2.46 bits per heavy atom. The van der Waals surface area contributed by atoms with E-state index < -0.39 is 5.82 Å².